The predicted octanol–water partition coefficient (Wildman–Crippen LogP) is 4.60. The van der Waals surface area contributed by atoms with Crippen molar-refractivity contribution in [3.8, 4) is 16.9 Å². The van der Waals surface area contributed by atoms with E-state index in [9.17, 15) is 4.79 Å². The van der Waals surface area contributed by atoms with Gasteiger partial charge in [-0.15, -0.1) is 0 Å². The Morgan fingerprint density at radius 2 is 1.70 bits per heavy atom. The van der Waals surface area contributed by atoms with E-state index in [1.165, 1.54) is 5.56 Å². The van der Waals surface area contributed by atoms with Crippen LogP contribution < -0.4 is 10.1 Å². The monoisotopic (exact) mass is 448 g/mol. The van der Waals surface area contributed by atoms with Crippen LogP contribution in [0.2, 0.25) is 0 Å². The SMILES string of the molecule is COc1ccc(-c2cnc(Nc3ccc(CCN4CCC(OC(=O)O)CC4)cc3)nc2)cc1. The maximum absolute atomic E-state index is 10.6. The number of carbonyl (C=O) groups is 1. The summed E-state index contributed by atoms with van der Waals surface area (Å²) >= 11 is 0. The van der Waals surface area contributed by atoms with Gasteiger partial charge in [0.1, 0.15) is 11.9 Å². The van der Waals surface area contributed by atoms with E-state index in [0.717, 1.165) is 61.5 Å². The van der Waals surface area contributed by atoms with Gasteiger partial charge in [0, 0.05) is 43.3 Å². The van der Waals surface area contributed by atoms with E-state index in [1.807, 2.05) is 36.4 Å². The fourth-order valence-corrected chi connectivity index (χ4v) is 3.89. The molecule has 0 spiro atoms. The summed E-state index contributed by atoms with van der Waals surface area (Å²) in [5, 5.41) is 12.0. The van der Waals surface area contributed by atoms with Gasteiger partial charge in [-0.1, -0.05) is 24.3 Å². The second-order valence-electron chi connectivity index (χ2n) is 8.02. The number of methoxy groups -OCH3 is 1. The van der Waals surface area contributed by atoms with Gasteiger partial charge < -0.3 is 24.8 Å². The summed E-state index contributed by atoms with van der Waals surface area (Å²) in [6.07, 6.45) is 4.71. The fraction of sp³-hybridized carbons (Fsp3) is 0.320. The standard InChI is InChI=1S/C25H28N4O4/c1-32-22-8-4-19(5-9-22)20-16-26-24(27-17-20)28-21-6-2-18(3-7-21)10-13-29-14-11-23(12-15-29)33-25(30)31/h2-9,16-17,23H,10-15H2,1H3,(H,30,31)(H,26,27,28). The van der Waals surface area contributed by atoms with Gasteiger partial charge >= 0.3 is 6.16 Å². The molecule has 8 heteroatoms. The van der Waals surface area contributed by atoms with Crippen LogP contribution in [0.4, 0.5) is 16.4 Å². The normalized spacial score (nSPS) is 14.6. The van der Waals surface area contributed by atoms with Crippen LogP contribution in [0, 0.1) is 0 Å². The van der Waals surface area contributed by atoms with Crippen molar-refractivity contribution < 1.29 is 19.4 Å². The first-order valence-electron chi connectivity index (χ1n) is 11.0. The number of ether oxygens (including phenoxy) is 2. The van der Waals surface area contributed by atoms with E-state index in [1.54, 1.807) is 19.5 Å². The summed E-state index contributed by atoms with van der Waals surface area (Å²) < 4.78 is 10.1. The molecule has 33 heavy (non-hydrogen) atoms. The summed E-state index contributed by atoms with van der Waals surface area (Å²) in [5.74, 6) is 1.36. The Balaban J connectivity index is 1.25. The Bertz CT molecular complexity index is 1030. The van der Waals surface area contributed by atoms with E-state index in [2.05, 4.69) is 32.3 Å². The van der Waals surface area contributed by atoms with Crippen LogP contribution in [-0.4, -0.2) is 59.0 Å². The third kappa shape index (κ3) is 6.43. The lowest BCUT2D eigenvalue weighted by molar-refractivity contribution is 0.0201. The van der Waals surface area contributed by atoms with Gasteiger partial charge in [-0.05, 0) is 54.7 Å². The molecule has 0 aliphatic carbocycles. The lowest BCUT2D eigenvalue weighted by Crippen LogP contribution is -2.38. The first-order valence-corrected chi connectivity index (χ1v) is 11.0. The zero-order chi connectivity index (χ0) is 23.0. The van der Waals surface area contributed by atoms with Gasteiger partial charge in [0.25, 0.3) is 0 Å². The minimum Gasteiger partial charge on any atom is -0.497 e. The molecule has 0 radical (unpaired) electrons. The number of aromatic nitrogens is 2. The Morgan fingerprint density at radius 1 is 1.03 bits per heavy atom. The number of anilines is 2. The molecule has 1 aliphatic heterocycles. The zero-order valence-corrected chi connectivity index (χ0v) is 18.6. The number of piperidine rings is 1. The lowest BCUT2D eigenvalue weighted by Gasteiger charge is -2.30. The van der Waals surface area contributed by atoms with Crippen molar-refractivity contribution in [2.75, 3.05) is 32.1 Å². The maximum Gasteiger partial charge on any atom is 0.506 e. The summed E-state index contributed by atoms with van der Waals surface area (Å²) in [6, 6.07) is 16.1. The molecule has 8 nitrogen and oxygen atoms in total. The molecule has 0 bridgehead atoms. The highest BCUT2D eigenvalue weighted by Gasteiger charge is 2.21. The van der Waals surface area contributed by atoms with E-state index < -0.39 is 6.16 Å². The Kier molecular flexibility index (Phi) is 7.36. The largest absolute Gasteiger partial charge is 0.506 e. The number of rotatable bonds is 8. The predicted molar refractivity (Wildman–Crippen MR) is 126 cm³/mol. The average molecular weight is 449 g/mol. The van der Waals surface area contributed by atoms with Crippen LogP contribution in [-0.2, 0) is 11.2 Å². The number of nitrogens with zero attached hydrogens (tertiary/aromatic N) is 3. The highest BCUT2D eigenvalue weighted by molar-refractivity contribution is 5.63. The highest BCUT2D eigenvalue weighted by atomic mass is 16.7. The third-order valence-electron chi connectivity index (χ3n) is 5.80. The molecule has 2 N–H and O–H groups in total. The van der Waals surface area contributed by atoms with Crippen molar-refractivity contribution in [3.63, 3.8) is 0 Å². The van der Waals surface area contributed by atoms with Gasteiger partial charge in [-0.25, -0.2) is 14.8 Å². The van der Waals surface area contributed by atoms with Crippen molar-refractivity contribution in [1.29, 1.82) is 0 Å². The van der Waals surface area contributed by atoms with Gasteiger partial charge in [-0.2, -0.15) is 0 Å². The minimum atomic E-state index is -1.18. The summed E-state index contributed by atoms with van der Waals surface area (Å²) in [4.78, 5) is 21.9. The minimum absolute atomic E-state index is 0.170. The molecule has 4 rings (SSSR count). The van der Waals surface area contributed by atoms with Gasteiger partial charge in [0.05, 0.1) is 7.11 Å². The molecule has 0 unspecified atom stereocenters. The second kappa shape index (κ2) is 10.8. The van der Waals surface area contributed by atoms with Gasteiger partial charge in [-0.3, -0.25) is 0 Å². The molecule has 0 saturated carbocycles. The first kappa shape index (κ1) is 22.5. The molecule has 2 heterocycles. The molecule has 3 aromatic rings. The topological polar surface area (TPSA) is 96.8 Å². The maximum atomic E-state index is 10.6. The van der Waals surface area contributed by atoms with Gasteiger partial charge in [0.15, 0.2) is 0 Å². The van der Waals surface area contributed by atoms with Gasteiger partial charge in [0.2, 0.25) is 5.95 Å². The molecule has 1 saturated heterocycles. The Labute approximate surface area is 193 Å². The first-order chi connectivity index (χ1) is 16.1. The third-order valence-corrected chi connectivity index (χ3v) is 5.80. The molecule has 172 valence electrons. The summed E-state index contributed by atoms with van der Waals surface area (Å²) in [5.41, 5.74) is 4.16. The molecule has 0 amide bonds. The molecule has 1 aromatic heterocycles. The van der Waals surface area contributed by atoms with Crippen LogP contribution in [0.3, 0.4) is 0 Å². The number of hydrogen-bond donors (Lipinski definition) is 2. The molecule has 1 fully saturated rings. The van der Waals surface area contributed by atoms with Crippen LogP contribution in [0.15, 0.2) is 60.9 Å². The average Bonchev–Trinajstić information content (AvgIpc) is 2.85. The van der Waals surface area contributed by atoms with E-state index >= 15 is 0 Å². The smallest absolute Gasteiger partial charge is 0.497 e. The van der Waals surface area contributed by atoms with Crippen LogP contribution in [0.25, 0.3) is 11.1 Å². The van der Waals surface area contributed by atoms with E-state index in [4.69, 9.17) is 14.6 Å². The second-order valence-corrected chi connectivity index (χ2v) is 8.02. The number of likely N-dealkylation sites (tertiary alicyclic amines) is 1. The number of hydrogen-bond acceptors (Lipinski definition) is 7. The quantitative estimate of drug-likeness (QED) is 0.483. The zero-order valence-electron chi connectivity index (χ0n) is 18.6. The van der Waals surface area contributed by atoms with Crippen molar-refractivity contribution in [2.24, 2.45) is 0 Å². The van der Waals surface area contributed by atoms with E-state index in [0.29, 0.717) is 5.95 Å². The molecular formula is C25H28N4O4. The number of carboxylic acid groups (broad SMARTS) is 1. The van der Waals surface area contributed by atoms with E-state index in [-0.39, 0.29) is 6.10 Å². The molecule has 1 aliphatic rings. The van der Waals surface area contributed by atoms with Crippen molar-refractivity contribution >= 4 is 17.8 Å². The molecule has 2 aromatic carbocycles. The Morgan fingerprint density at radius 3 is 2.30 bits per heavy atom. The van der Waals surface area contributed by atoms with Crippen LogP contribution in [0.1, 0.15) is 18.4 Å². The molecule has 0 atom stereocenters. The molecular weight excluding hydrogens is 420 g/mol. The van der Waals surface area contributed by atoms with Crippen molar-refractivity contribution in [2.45, 2.75) is 25.4 Å². The van der Waals surface area contributed by atoms with Crippen molar-refractivity contribution in [1.82, 2.24) is 14.9 Å². The van der Waals surface area contributed by atoms with Crippen LogP contribution >= 0.6 is 0 Å². The van der Waals surface area contributed by atoms with Crippen LogP contribution in [0.5, 0.6) is 5.75 Å². The fourth-order valence-electron chi connectivity index (χ4n) is 3.89. The lowest BCUT2D eigenvalue weighted by atomic mass is 10.1. The number of nitrogens with one attached hydrogen (secondary N) is 1. The summed E-state index contributed by atoms with van der Waals surface area (Å²) in [7, 11) is 1.65. The van der Waals surface area contributed by atoms with Crippen molar-refractivity contribution in [3.05, 3.63) is 66.5 Å². The summed E-state index contributed by atoms with van der Waals surface area (Å²) in [6.45, 7) is 2.67. The highest BCUT2D eigenvalue weighted by Crippen LogP contribution is 2.22. The number of benzene rings is 2. The Hall–Kier alpha value is -3.65.